The van der Waals surface area contributed by atoms with Gasteiger partial charge in [-0.25, -0.2) is 15.0 Å². The molecule has 1 aliphatic rings. The summed E-state index contributed by atoms with van der Waals surface area (Å²) in [5, 5.41) is 1.14. The van der Waals surface area contributed by atoms with Crippen molar-refractivity contribution >= 4 is 17.2 Å². The predicted octanol–water partition coefficient (Wildman–Crippen LogP) is 3.63. The van der Waals surface area contributed by atoms with Crippen molar-refractivity contribution < 1.29 is 4.79 Å². The van der Waals surface area contributed by atoms with E-state index in [4.69, 9.17) is 4.98 Å². The van der Waals surface area contributed by atoms with Gasteiger partial charge < -0.3 is 4.90 Å². The van der Waals surface area contributed by atoms with Crippen LogP contribution in [-0.4, -0.2) is 43.8 Å². The van der Waals surface area contributed by atoms with E-state index < -0.39 is 0 Å². The highest BCUT2D eigenvalue weighted by molar-refractivity contribution is 7.15. The van der Waals surface area contributed by atoms with Gasteiger partial charge in [0.15, 0.2) is 0 Å². The molecule has 138 valence electrons. The zero-order chi connectivity index (χ0) is 18.8. The van der Waals surface area contributed by atoms with Crippen molar-refractivity contribution in [2.45, 2.75) is 32.6 Å². The molecule has 4 heterocycles. The fraction of sp³-hybridized carbons (Fsp3) is 0.350. The number of aromatic nitrogens is 4. The Morgan fingerprint density at radius 3 is 2.59 bits per heavy atom. The number of amides is 1. The van der Waals surface area contributed by atoms with Gasteiger partial charge in [-0.3, -0.25) is 9.78 Å². The average Bonchev–Trinajstić information content (AvgIpc) is 3.10. The molecule has 0 N–H and O–H groups in total. The van der Waals surface area contributed by atoms with Crippen molar-refractivity contribution in [2.75, 3.05) is 13.1 Å². The van der Waals surface area contributed by atoms with Crippen LogP contribution in [0.3, 0.4) is 0 Å². The monoisotopic (exact) mass is 379 g/mol. The molecule has 0 bridgehead atoms. The van der Waals surface area contributed by atoms with Crippen molar-refractivity contribution in [3.05, 3.63) is 58.9 Å². The van der Waals surface area contributed by atoms with Crippen molar-refractivity contribution in [1.29, 1.82) is 0 Å². The van der Waals surface area contributed by atoms with Crippen LogP contribution >= 0.6 is 11.3 Å². The molecule has 4 rings (SSSR count). The first-order valence-electron chi connectivity index (χ1n) is 9.09. The summed E-state index contributed by atoms with van der Waals surface area (Å²) in [4.78, 5) is 33.3. The second kappa shape index (κ2) is 7.52. The third-order valence-electron chi connectivity index (χ3n) is 4.84. The minimum atomic E-state index is 0.0153. The fourth-order valence-electron chi connectivity index (χ4n) is 3.39. The van der Waals surface area contributed by atoms with Crippen molar-refractivity contribution in [1.82, 2.24) is 24.8 Å². The Morgan fingerprint density at radius 1 is 1.07 bits per heavy atom. The van der Waals surface area contributed by atoms with Gasteiger partial charge in [-0.15, -0.1) is 11.3 Å². The quantitative estimate of drug-likeness (QED) is 0.695. The van der Waals surface area contributed by atoms with Gasteiger partial charge in [0, 0.05) is 31.4 Å². The van der Waals surface area contributed by atoms with Gasteiger partial charge in [0.25, 0.3) is 5.91 Å². The number of pyridine rings is 1. The maximum absolute atomic E-state index is 12.6. The van der Waals surface area contributed by atoms with Crippen molar-refractivity contribution in [3.8, 4) is 10.6 Å². The first kappa shape index (κ1) is 17.7. The highest BCUT2D eigenvalue weighted by atomic mass is 32.1. The standard InChI is InChI=1S/C20H21N5OS/c1-13-18(16-6-10-21-14(2)24-16)27-19(23-13)15-7-11-25(12-8-15)20(26)17-5-3-4-9-22-17/h3-6,9-10,15H,7-8,11-12H2,1-2H3. The third-order valence-corrected chi connectivity index (χ3v) is 6.18. The lowest BCUT2D eigenvalue weighted by Crippen LogP contribution is -2.38. The number of hydrogen-bond acceptors (Lipinski definition) is 6. The highest BCUT2D eigenvalue weighted by Crippen LogP contribution is 2.36. The number of hydrogen-bond donors (Lipinski definition) is 0. The Kier molecular flexibility index (Phi) is 4.94. The Bertz CT molecular complexity index is 948. The summed E-state index contributed by atoms with van der Waals surface area (Å²) in [6.07, 6.45) is 5.30. The van der Waals surface area contributed by atoms with Gasteiger partial charge in [0.2, 0.25) is 0 Å². The Labute approximate surface area is 162 Å². The smallest absolute Gasteiger partial charge is 0.272 e. The lowest BCUT2D eigenvalue weighted by Gasteiger charge is -2.30. The first-order valence-corrected chi connectivity index (χ1v) is 9.91. The third kappa shape index (κ3) is 3.73. The van der Waals surface area contributed by atoms with Crippen LogP contribution in [0.1, 0.15) is 45.8 Å². The summed E-state index contributed by atoms with van der Waals surface area (Å²) in [7, 11) is 0. The summed E-state index contributed by atoms with van der Waals surface area (Å²) in [6, 6.07) is 7.38. The molecule has 7 heteroatoms. The lowest BCUT2D eigenvalue weighted by atomic mass is 9.97. The van der Waals surface area contributed by atoms with Crippen molar-refractivity contribution in [3.63, 3.8) is 0 Å². The summed E-state index contributed by atoms with van der Waals surface area (Å²) in [6.45, 7) is 5.41. The molecule has 27 heavy (non-hydrogen) atoms. The van der Waals surface area contributed by atoms with Gasteiger partial charge >= 0.3 is 0 Å². The van der Waals surface area contributed by atoms with E-state index in [0.717, 1.165) is 53.0 Å². The van der Waals surface area contributed by atoms with Gasteiger partial charge in [-0.2, -0.15) is 0 Å². The van der Waals surface area contributed by atoms with Crippen LogP contribution in [0, 0.1) is 13.8 Å². The van der Waals surface area contributed by atoms with Crippen LogP contribution in [0.2, 0.25) is 0 Å². The van der Waals surface area contributed by atoms with Crippen LogP contribution in [0.4, 0.5) is 0 Å². The van der Waals surface area contributed by atoms with Crippen LogP contribution in [-0.2, 0) is 0 Å². The minimum Gasteiger partial charge on any atom is -0.337 e. The molecule has 6 nitrogen and oxygen atoms in total. The summed E-state index contributed by atoms with van der Waals surface area (Å²) in [5.41, 5.74) is 2.47. The molecular formula is C20H21N5OS. The number of piperidine rings is 1. The molecule has 0 radical (unpaired) electrons. The van der Waals surface area contributed by atoms with E-state index in [1.807, 2.05) is 36.9 Å². The van der Waals surface area contributed by atoms with E-state index in [2.05, 4.69) is 15.0 Å². The molecule has 1 amide bonds. The SMILES string of the molecule is Cc1nccc(-c2sc(C3CCN(C(=O)c4ccccn4)CC3)nc2C)n1. The number of nitrogens with zero attached hydrogens (tertiary/aromatic N) is 5. The second-order valence-corrected chi connectivity index (χ2v) is 7.77. The molecule has 0 spiro atoms. The zero-order valence-corrected chi connectivity index (χ0v) is 16.2. The molecule has 0 saturated carbocycles. The molecular weight excluding hydrogens is 358 g/mol. The number of rotatable bonds is 3. The summed E-state index contributed by atoms with van der Waals surface area (Å²) < 4.78 is 0. The molecule has 1 aliphatic heterocycles. The Balaban J connectivity index is 1.46. The molecule has 0 aliphatic carbocycles. The van der Waals surface area contributed by atoms with Crippen LogP contribution in [0.25, 0.3) is 10.6 Å². The minimum absolute atomic E-state index is 0.0153. The summed E-state index contributed by atoms with van der Waals surface area (Å²) in [5.74, 6) is 1.17. The molecule has 0 unspecified atom stereocenters. The van der Waals surface area contributed by atoms with Crippen LogP contribution in [0.15, 0.2) is 36.7 Å². The van der Waals surface area contributed by atoms with Crippen LogP contribution < -0.4 is 0 Å². The van der Waals surface area contributed by atoms with Crippen molar-refractivity contribution in [2.24, 2.45) is 0 Å². The maximum atomic E-state index is 12.6. The molecule has 1 saturated heterocycles. The number of thiazole rings is 1. The summed E-state index contributed by atoms with van der Waals surface area (Å²) >= 11 is 1.72. The predicted molar refractivity (Wildman–Crippen MR) is 105 cm³/mol. The normalized spacial score (nSPS) is 15.1. The van der Waals surface area contributed by atoms with Gasteiger partial charge in [0.1, 0.15) is 11.5 Å². The number of aryl methyl sites for hydroxylation is 2. The largest absolute Gasteiger partial charge is 0.337 e. The lowest BCUT2D eigenvalue weighted by molar-refractivity contribution is 0.0707. The first-order chi connectivity index (χ1) is 13.1. The topological polar surface area (TPSA) is 71.9 Å². The molecule has 3 aromatic rings. The second-order valence-electron chi connectivity index (χ2n) is 6.74. The van der Waals surface area contributed by atoms with E-state index >= 15 is 0 Å². The highest BCUT2D eigenvalue weighted by Gasteiger charge is 2.27. The number of carbonyl (C=O) groups excluding carboxylic acids is 1. The average molecular weight is 379 g/mol. The van der Waals surface area contributed by atoms with E-state index in [1.165, 1.54) is 0 Å². The van der Waals surface area contributed by atoms with Gasteiger partial charge in [-0.05, 0) is 44.9 Å². The van der Waals surface area contributed by atoms with E-state index in [-0.39, 0.29) is 5.91 Å². The van der Waals surface area contributed by atoms with Gasteiger partial charge in [-0.1, -0.05) is 6.07 Å². The fourth-order valence-corrected chi connectivity index (χ4v) is 4.60. The molecule has 0 aromatic carbocycles. The Hall–Kier alpha value is -2.67. The van der Waals surface area contributed by atoms with Gasteiger partial charge in [0.05, 0.1) is 21.3 Å². The van der Waals surface area contributed by atoms with E-state index in [1.54, 1.807) is 29.8 Å². The van der Waals surface area contributed by atoms with E-state index in [9.17, 15) is 4.79 Å². The molecule has 0 atom stereocenters. The number of carbonyl (C=O) groups is 1. The Morgan fingerprint density at radius 2 is 1.89 bits per heavy atom. The molecule has 3 aromatic heterocycles. The van der Waals surface area contributed by atoms with E-state index in [0.29, 0.717) is 11.6 Å². The van der Waals surface area contributed by atoms with Crippen LogP contribution in [0.5, 0.6) is 0 Å². The number of likely N-dealkylation sites (tertiary alicyclic amines) is 1. The molecule has 1 fully saturated rings. The zero-order valence-electron chi connectivity index (χ0n) is 15.4. The maximum Gasteiger partial charge on any atom is 0.272 e.